The Hall–Kier alpha value is -0.390. The molecule has 3 rings (SSSR count). The Morgan fingerprint density at radius 1 is 1.18 bits per heavy atom. The lowest BCUT2D eigenvalue weighted by Gasteiger charge is -2.39. The van der Waals surface area contributed by atoms with Gasteiger partial charge in [0.2, 0.25) is 0 Å². The highest BCUT2D eigenvalue weighted by molar-refractivity contribution is 9.10. The molecule has 1 aromatic heterocycles. The van der Waals surface area contributed by atoms with E-state index in [2.05, 4.69) is 41.7 Å². The summed E-state index contributed by atoms with van der Waals surface area (Å²) in [6.07, 6.45) is 6.73. The van der Waals surface area contributed by atoms with Crippen LogP contribution < -0.4 is 0 Å². The van der Waals surface area contributed by atoms with Gasteiger partial charge in [-0.15, -0.1) is 0 Å². The van der Waals surface area contributed by atoms with Gasteiger partial charge in [0.05, 0.1) is 16.7 Å². The van der Waals surface area contributed by atoms with Gasteiger partial charge in [0.1, 0.15) is 0 Å². The Morgan fingerprint density at radius 3 is 2.53 bits per heavy atom. The summed E-state index contributed by atoms with van der Waals surface area (Å²) in [5.74, 6) is 0. The second-order valence-corrected chi connectivity index (χ2v) is 6.02. The highest BCUT2D eigenvalue weighted by Gasteiger charge is 2.28. The van der Waals surface area contributed by atoms with Crippen molar-refractivity contribution < 1.29 is 0 Å². The topological polar surface area (TPSA) is 24.3 Å². The molecular weight excluding hydrogens is 280 g/mol. The predicted molar refractivity (Wildman–Crippen MR) is 71.1 cm³/mol. The van der Waals surface area contributed by atoms with E-state index in [0.717, 1.165) is 17.6 Å². The standard InChI is InChI=1S/C12H19BrN4/c13-11-7-14-17(8-11)12-9-16(10-12)6-5-15-3-1-2-4-15/h7-8,12H,1-6,9-10H2. The summed E-state index contributed by atoms with van der Waals surface area (Å²) in [7, 11) is 0. The average Bonchev–Trinajstić information content (AvgIpc) is 2.87. The van der Waals surface area contributed by atoms with E-state index in [4.69, 9.17) is 0 Å². The van der Waals surface area contributed by atoms with Crippen LogP contribution in [0.25, 0.3) is 0 Å². The number of likely N-dealkylation sites (tertiary alicyclic amines) is 2. The van der Waals surface area contributed by atoms with Crippen LogP contribution in [0.15, 0.2) is 16.9 Å². The molecule has 0 radical (unpaired) electrons. The average molecular weight is 299 g/mol. The SMILES string of the molecule is Brc1cnn(C2CN(CCN3CCCC3)C2)c1. The quantitative estimate of drug-likeness (QED) is 0.844. The fourth-order valence-corrected chi connectivity index (χ4v) is 3.00. The maximum atomic E-state index is 4.34. The third-order valence-corrected chi connectivity index (χ3v) is 4.22. The fourth-order valence-electron chi connectivity index (χ4n) is 2.70. The van der Waals surface area contributed by atoms with Gasteiger partial charge in [-0.1, -0.05) is 0 Å². The molecule has 2 aliphatic rings. The van der Waals surface area contributed by atoms with Crippen LogP contribution in [0.5, 0.6) is 0 Å². The number of rotatable bonds is 4. The van der Waals surface area contributed by atoms with Crippen LogP contribution in [0.3, 0.4) is 0 Å². The van der Waals surface area contributed by atoms with Gasteiger partial charge < -0.3 is 4.90 Å². The second kappa shape index (κ2) is 5.08. The summed E-state index contributed by atoms with van der Waals surface area (Å²) in [4.78, 5) is 5.11. The summed E-state index contributed by atoms with van der Waals surface area (Å²) in [6.45, 7) is 7.39. The summed E-state index contributed by atoms with van der Waals surface area (Å²) in [5.41, 5.74) is 0. The molecule has 0 aliphatic carbocycles. The molecule has 94 valence electrons. The van der Waals surface area contributed by atoms with Crippen molar-refractivity contribution in [1.29, 1.82) is 0 Å². The third kappa shape index (κ3) is 2.72. The monoisotopic (exact) mass is 298 g/mol. The van der Waals surface area contributed by atoms with E-state index in [9.17, 15) is 0 Å². The molecule has 2 fully saturated rings. The van der Waals surface area contributed by atoms with Gasteiger partial charge in [0.15, 0.2) is 0 Å². The summed E-state index contributed by atoms with van der Waals surface area (Å²) in [6, 6.07) is 0.583. The molecule has 2 saturated heterocycles. The number of halogens is 1. The second-order valence-electron chi connectivity index (χ2n) is 5.10. The molecule has 0 unspecified atom stereocenters. The molecule has 0 aromatic carbocycles. The van der Waals surface area contributed by atoms with Gasteiger partial charge in [-0.3, -0.25) is 9.58 Å². The highest BCUT2D eigenvalue weighted by atomic mass is 79.9. The van der Waals surface area contributed by atoms with Crippen molar-refractivity contribution in [2.45, 2.75) is 18.9 Å². The molecular formula is C12H19BrN4. The van der Waals surface area contributed by atoms with Gasteiger partial charge in [-0.05, 0) is 41.9 Å². The summed E-state index contributed by atoms with van der Waals surface area (Å²) in [5, 5.41) is 4.34. The lowest BCUT2D eigenvalue weighted by molar-refractivity contribution is 0.0876. The molecule has 5 heteroatoms. The van der Waals surface area contributed by atoms with E-state index in [0.29, 0.717) is 6.04 Å². The summed E-state index contributed by atoms with van der Waals surface area (Å²) < 4.78 is 3.16. The van der Waals surface area contributed by atoms with E-state index < -0.39 is 0 Å². The zero-order valence-electron chi connectivity index (χ0n) is 10.1. The highest BCUT2D eigenvalue weighted by Crippen LogP contribution is 2.22. The Bertz CT molecular complexity index is 366. The van der Waals surface area contributed by atoms with Crippen molar-refractivity contribution in [3.63, 3.8) is 0 Å². The van der Waals surface area contributed by atoms with Crippen molar-refractivity contribution in [1.82, 2.24) is 19.6 Å². The Labute approximate surface area is 111 Å². The van der Waals surface area contributed by atoms with E-state index in [1.165, 1.54) is 39.0 Å². The van der Waals surface area contributed by atoms with Gasteiger partial charge in [-0.2, -0.15) is 5.10 Å². The van der Waals surface area contributed by atoms with Crippen LogP contribution >= 0.6 is 15.9 Å². The number of aromatic nitrogens is 2. The largest absolute Gasteiger partial charge is 0.302 e. The minimum absolute atomic E-state index is 0.583. The number of hydrogen-bond acceptors (Lipinski definition) is 3. The van der Waals surface area contributed by atoms with Gasteiger partial charge in [0, 0.05) is 32.4 Å². The lowest BCUT2D eigenvalue weighted by Crippen LogP contribution is -2.50. The molecule has 2 aliphatic heterocycles. The van der Waals surface area contributed by atoms with E-state index in [-0.39, 0.29) is 0 Å². The molecule has 0 spiro atoms. The van der Waals surface area contributed by atoms with Crippen LogP contribution in [0.1, 0.15) is 18.9 Å². The zero-order chi connectivity index (χ0) is 11.7. The molecule has 1 aromatic rings. The van der Waals surface area contributed by atoms with Crippen LogP contribution in [0.4, 0.5) is 0 Å². The van der Waals surface area contributed by atoms with E-state index in [1.807, 2.05) is 6.20 Å². The molecule has 0 bridgehead atoms. The van der Waals surface area contributed by atoms with Crippen LogP contribution in [-0.2, 0) is 0 Å². The number of nitrogens with zero attached hydrogens (tertiary/aromatic N) is 4. The van der Waals surface area contributed by atoms with E-state index in [1.54, 1.807) is 0 Å². The predicted octanol–water partition coefficient (Wildman–Crippen LogP) is 1.60. The number of hydrogen-bond donors (Lipinski definition) is 0. The van der Waals surface area contributed by atoms with E-state index >= 15 is 0 Å². The normalized spacial score (nSPS) is 23.1. The van der Waals surface area contributed by atoms with Crippen molar-refractivity contribution in [2.24, 2.45) is 0 Å². The molecule has 17 heavy (non-hydrogen) atoms. The molecule has 0 N–H and O–H groups in total. The molecule has 3 heterocycles. The first-order valence-electron chi connectivity index (χ1n) is 6.45. The smallest absolute Gasteiger partial charge is 0.0773 e. The molecule has 0 atom stereocenters. The molecule has 0 amide bonds. The first kappa shape index (κ1) is 11.7. The minimum Gasteiger partial charge on any atom is -0.302 e. The Kier molecular flexibility index (Phi) is 3.49. The van der Waals surface area contributed by atoms with Gasteiger partial charge in [-0.25, -0.2) is 0 Å². The zero-order valence-corrected chi connectivity index (χ0v) is 11.6. The summed E-state index contributed by atoms with van der Waals surface area (Å²) >= 11 is 3.44. The maximum absolute atomic E-state index is 4.34. The van der Waals surface area contributed by atoms with Crippen molar-refractivity contribution >= 4 is 15.9 Å². The van der Waals surface area contributed by atoms with Gasteiger partial charge in [0.25, 0.3) is 0 Å². The van der Waals surface area contributed by atoms with Crippen LogP contribution in [0, 0.1) is 0 Å². The third-order valence-electron chi connectivity index (χ3n) is 3.81. The first-order valence-corrected chi connectivity index (χ1v) is 7.25. The minimum atomic E-state index is 0.583. The van der Waals surface area contributed by atoms with Crippen LogP contribution in [0.2, 0.25) is 0 Å². The van der Waals surface area contributed by atoms with Gasteiger partial charge >= 0.3 is 0 Å². The molecule has 4 nitrogen and oxygen atoms in total. The van der Waals surface area contributed by atoms with Crippen molar-refractivity contribution in [3.8, 4) is 0 Å². The Morgan fingerprint density at radius 2 is 1.88 bits per heavy atom. The first-order chi connectivity index (χ1) is 8.31. The fraction of sp³-hybridized carbons (Fsp3) is 0.750. The molecule has 0 saturated carbocycles. The lowest BCUT2D eigenvalue weighted by atomic mass is 10.1. The Balaban J connectivity index is 1.39. The van der Waals surface area contributed by atoms with Crippen LogP contribution in [-0.4, -0.2) is 58.8 Å². The van der Waals surface area contributed by atoms with Crippen molar-refractivity contribution in [2.75, 3.05) is 39.3 Å². The van der Waals surface area contributed by atoms with Crippen molar-refractivity contribution in [3.05, 3.63) is 16.9 Å². The maximum Gasteiger partial charge on any atom is 0.0773 e.